The summed E-state index contributed by atoms with van der Waals surface area (Å²) in [6.45, 7) is 3.16. The Bertz CT molecular complexity index is 862. The zero-order chi connectivity index (χ0) is 16.4. The summed E-state index contributed by atoms with van der Waals surface area (Å²) in [7, 11) is 0. The van der Waals surface area contributed by atoms with Gasteiger partial charge in [-0.15, -0.1) is 0 Å². The van der Waals surface area contributed by atoms with Crippen molar-refractivity contribution in [3.63, 3.8) is 0 Å². The highest BCUT2D eigenvalue weighted by atomic mass is 16.5. The summed E-state index contributed by atoms with van der Waals surface area (Å²) in [5, 5.41) is 3.67. The molecule has 5 nitrogen and oxygen atoms in total. The van der Waals surface area contributed by atoms with Crippen molar-refractivity contribution in [2.75, 3.05) is 5.32 Å². The van der Waals surface area contributed by atoms with Gasteiger partial charge in [0.25, 0.3) is 5.91 Å². The minimum Gasteiger partial charge on any atom is -0.451 e. The Kier molecular flexibility index (Phi) is 3.85. The largest absolute Gasteiger partial charge is 0.451 e. The fourth-order valence-corrected chi connectivity index (χ4v) is 2.28. The Morgan fingerprint density at radius 1 is 1.09 bits per heavy atom. The SMILES string of the molecule is CC(=O)Oc1ccc(NC(=O)c2cc3ccccc3o2)c(C)c1. The van der Waals surface area contributed by atoms with Gasteiger partial charge < -0.3 is 14.5 Å². The van der Waals surface area contributed by atoms with Crippen LogP contribution in [0.2, 0.25) is 0 Å². The fourth-order valence-electron chi connectivity index (χ4n) is 2.28. The molecule has 0 atom stereocenters. The van der Waals surface area contributed by atoms with Crippen molar-refractivity contribution in [2.45, 2.75) is 13.8 Å². The molecule has 1 N–H and O–H groups in total. The lowest BCUT2D eigenvalue weighted by atomic mass is 10.2. The molecule has 0 aliphatic rings. The standard InChI is InChI=1S/C18H15NO4/c1-11-9-14(22-12(2)20)7-8-15(11)19-18(21)17-10-13-5-3-4-6-16(13)23-17/h3-10H,1-2H3,(H,19,21). The van der Waals surface area contributed by atoms with E-state index in [1.54, 1.807) is 24.3 Å². The molecule has 0 radical (unpaired) electrons. The minimum atomic E-state index is -0.386. The Morgan fingerprint density at radius 2 is 1.87 bits per heavy atom. The molecule has 1 amide bonds. The van der Waals surface area contributed by atoms with Gasteiger partial charge in [0.15, 0.2) is 5.76 Å². The van der Waals surface area contributed by atoms with Crippen LogP contribution in [0.5, 0.6) is 5.75 Å². The van der Waals surface area contributed by atoms with Gasteiger partial charge in [-0.1, -0.05) is 18.2 Å². The maximum atomic E-state index is 12.3. The van der Waals surface area contributed by atoms with Crippen LogP contribution in [0.3, 0.4) is 0 Å². The van der Waals surface area contributed by atoms with E-state index in [2.05, 4.69) is 5.32 Å². The number of anilines is 1. The predicted molar refractivity (Wildman–Crippen MR) is 86.7 cm³/mol. The third-order valence-electron chi connectivity index (χ3n) is 3.36. The first-order valence-corrected chi connectivity index (χ1v) is 7.12. The molecule has 3 aromatic rings. The van der Waals surface area contributed by atoms with Crippen LogP contribution in [0.1, 0.15) is 23.0 Å². The number of para-hydroxylation sites is 1. The Hall–Kier alpha value is -3.08. The molecule has 0 saturated heterocycles. The van der Waals surface area contributed by atoms with Crippen molar-refractivity contribution >= 4 is 28.5 Å². The van der Waals surface area contributed by atoms with Crippen LogP contribution in [0.15, 0.2) is 52.9 Å². The molecular formula is C18H15NO4. The van der Waals surface area contributed by atoms with Gasteiger partial charge in [-0.2, -0.15) is 0 Å². The van der Waals surface area contributed by atoms with Gasteiger partial charge in [-0.3, -0.25) is 9.59 Å². The van der Waals surface area contributed by atoms with Gasteiger partial charge in [0, 0.05) is 18.0 Å². The molecule has 0 bridgehead atoms. The van der Waals surface area contributed by atoms with Gasteiger partial charge in [-0.25, -0.2) is 0 Å². The number of carbonyl (C=O) groups is 2. The topological polar surface area (TPSA) is 68.5 Å². The number of hydrogen-bond acceptors (Lipinski definition) is 4. The van der Waals surface area contributed by atoms with Crippen molar-refractivity contribution in [1.82, 2.24) is 0 Å². The van der Waals surface area contributed by atoms with Crippen molar-refractivity contribution < 1.29 is 18.7 Å². The zero-order valence-electron chi connectivity index (χ0n) is 12.8. The minimum absolute atomic E-state index is 0.245. The lowest BCUT2D eigenvalue weighted by Gasteiger charge is -2.09. The average molecular weight is 309 g/mol. The Labute approximate surface area is 132 Å². The Balaban J connectivity index is 1.80. The van der Waals surface area contributed by atoms with E-state index in [0.29, 0.717) is 17.0 Å². The number of rotatable bonds is 3. The molecular weight excluding hydrogens is 294 g/mol. The number of hydrogen-bond donors (Lipinski definition) is 1. The highest BCUT2D eigenvalue weighted by Crippen LogP contribution is 2.24. The summed E-state index contributed by atoms with van der Waals surface area (Å²) in [6, 6.07) is 14.1. The molecule has 1 aromatic heterocycles. The smallest absolute Gasteiger partial charge is 0.308 e. The van der Waals surface area contributed by atoms with Gasteiger partial charge in [-0.05, 0) is 42.8 Å². The summed E-state index contributed by atoms with van der Waals surface area (Å²) >= 11 is 0. The van der Waals surface area contributed by atoms with E-state index < -0.39 is 0 Å². The molecule has 5 heteroatoms. The van der Waals surface area contributed by atoms with E-state index in [9.17, 15) is 9.59 Å². The maximum absolute atomic E-state index is 12.3. The number of nitrogens with one attached hydrogen (secondary N) is 1. The summed E-state index contributed by atoms with van der Waals surface area (Å²) in [6.07, 6.45) is 0. The number of fused-ring (bicyclic) bond motifs is 1. The number of furan rings is 1. The molecule has 2 aromatic carbocycles. The number of esters is 1. The van der Waals surface area contributed by atoms with Gasteiger partial charge in [0.05, 0.1) is 0 Å². The van der Waals surface area contributed by atoms with Crippen LogP contribution in [0, 0.1) is 6.92 Å². The molecule has 23 heavy (non-hydrogen) atoms. The van der Waals surface area contributed by atoms with E-state index in [-0.39, 0.29) is 17.6 Å². The monoisotopic (exact) mass is 309 g/mol. The van der Waals surface area contributed by atoms with E-state index in [1.165, 1.54) is 6.92 Å². The van der Waals surface area contributed by atoms with Crippen LogP contribution < -0.4 is 10.1 Å². The van der Waals surface area contributed by atoms with Crippen molar-refractivity contribution in [2.24, 2.45) is 0 Å². The van der Waals surface area contributed by atoms with Crippen molar-refractivity contribution in [3.05, 3.63) is 59.9 Å². The third kappa shape index (κ3) is 3.23. The second kappa shape index (κ2) is 5.96. The number of amides is 1. The maximum Gasteiger partial charge on any atom is 0.308 e. The zero-order valence-corrected chi connectivity index (χ0v) is 12.8. The molecule has 3 rings (SSSR count). The lowest BCUT2D eigenvalue weighted by molar-refractivity contribution is -0.131. The number of ether oxygens (including phenoxy) is 1. The summed E-state index contributed by atoms with van der Waals surface area (Å²) in [5.74, 6) is -0.0283. The number of aryl methyl sites for hydroxylation is 1. The van der Waals surface area contributed by atoms with E-state index >= 15 is 0 Å². The van der Waals surface area contributed by atoms with Crippen LogP contribution in [0.4, 0.5) is 5.69 Å². The van der Waals surface area contributed by atoms with Gasteiger partial charge >= 0.3 is 5.97 Å². The highest BCUT2D eigenvalue weighted by Gasteiger charge is 2.13. The molecule has 0 unspecified atom stereocenters. The molecule has 0 saturated carbocycles. The van der Waals surface area contributed by atoms with E-state index in [0.717, 1.165) is 10.9 Å². The lowest BCUT2D eigenvalue weighted by Crippen LogP contribution is -2.12. The third-order valence-corrected chi connectivity index (χ3v) is 3.36. The molecule has 0 fully saturated rings. The van der Waals surface area contributed by atoms with Crippen LogP contribution in [-0.2, 0) is 4.79 Å². The van der Waals surface area contributed by atoms with Crippen LogP contribution in [0.25, 0.3) is 11.0 Å². The highest BCUT2D eigenvalue weighted by molar-refractivity contribution is 6.05. The first-order chi connectivity index (χ1) is 11.0. The Morgan fingerprint density at radius 3 is 2.57 bits per heavy atom. The summed E-state index contributed by atoms with van der Waals surface area (Å²) < 4.78 is 10.5. The van der Waals surface area contributed by atoms with Crippen LogP contribution >= 0.6 is 0 Å². The molecule has 0 aliphatic heterocycles. The second-order valence-corrected chi connectivity index (χ2v) is 5.17. The second-order valence-electron chi connectivity index (χ2n) is 5.17. The van der Waals surface area contributed by atoms with E-state index in [4.69, 9.17) is 9.15 Å². The summed E-state index contributed by atoms with van der Waals surface area (Å²) in [4.78, 5) is 23.3. The van der Waals surface area contributed by atoms with Crippen molar-refractivity contribution in [1.29, 1.82) is 0 Å². The molecule has 0 aliphatic carbocycles. The summed E-state index contributed by atoms with van der Waals surface area (Å²) in [5.41, 5.74) is 2.08. The van der Waals surface area contributed by atoms with Crippen molar-refractivity contribution in [3.8, 4) is 5.75 Å². The van der Waals surface area contributed by atoms with E-state index in [1.807, 2.05) is 31.2 Å². The quantitative estimate of drug-likeness (QED) is 0.588. The van der Waals surface area contributed by atoms with Gasteiger partial charge in [0.1, 0.15) is 11.3 Å². The normalized spacial score (nSPS) is 10.5. The first-order valence-electron chi connectivity index (χ1n) is 7.12. The molecule has 0 spiro atoms. The number of benzene rings is 2. The average Bonchev–Trinajstić information content (AvgIpc) is 2.93. The molecule has 1 heterocycles. The number of carbonyl (C=O) groups excluding carboxylic acids is 2. The first kappa shape index (κ1) is 14.8. The fraction of sp³-hybridized carbons (Fsp3) is 0.111. The van der Waals surface area contributed by atoms with Gasteiger partial charge in [0.2, 0.25) is 0 Å². The predicted octanol–water partition coefficient (Wildman–Crippen LogP) is 3.92. The van der Waals surface area contributed by atoms with Crippen LogP contribution in [-0.4, -0.2) is 11.9 Å². The molecule has 116 valence electrons.